The van der Waals surface area contributed by atoms with Crippen LogP contribution in [-0.2, 0) is 12.0 Å². The first-order valence-corrected chi connectivity index (χ1v) is 10.9. The van der Waals surface area contributed by atoms with Crippen LogP contribution in [0.25, 0.3) is 10.9 Å². The van der Waals surface area contributed by atoms with Gasteiger partial charge in [0.1, 0.15) is 24.5 Å². The van der Waals surface area contributed by atoms with Crippen LogP contribution in [0.1, 0.15) is 46.9 Å². The molecule has 4 aromatic rings. The van der Waals surface area contributed by atoms with Crippen LogP contribution in [0.5, 0.6) is 5.75 Å². The summed E-state index contributed by atoms with van der Waals surface area (Å²) in [5.74, 6) is 1.04. The molecule has 1 aliphatic carbocycles. The summed E-state index contributed by atoms with van der Waals surface area (Å²) in [5, 5.41) is 0.760. The smallest absolute Gasteiger partial charge is 0.150 e. The lowest BCUT2D eigenvalue weighted by molar-refractivity contribution is 0.111. The molecule has 0 aliphatic heterocycles. The van der Waals surface area contributed by atoms with Crippen molar-refractivity contribution in [1.29, 1.82) is 0 Å². The summed E-state index contributed by atoms with van der Waals surface area (Å²) in [6, 6.07) is 24.4. The van der Waals surface area contributed by atoms with E-state index in [-0.39, 0.29) is 11.2 Å². The fourth-order valence-corrected chi connectivity index (χ4v) is 5.02. The van der Waals surface area contributed by atoms with Gasteiger partial charge in [-0.15, -0.1) is 0 Å². The van der Waals surface area contributed by atoms with Crippen molar-refractivity contribution in [1.82, 2.24) is 4.98 Å². The molecule has 160 valence electrons. The van der Waals surface area contributed by atoms with Crippen LogP contribution in [0.4, 0.5) is 4.39 Å². The largest absolute Gasteiger partial charge is 0.487 e. The second-order valence-electron chi connectivity index (χ2n) is 8.76. The monoisotopic (exact) mass is 425 g/mol. The Morgan fingerprint density at radius 3 is 2.59 bits per heavy atom. The van der Waals surface area contributed by atoms with Gasteiger partial charge in [-0.05, 0) is 72.4 Å². The zero-order valence-electron chi connectivity index (χ0n) is 17.9. The molecule has 1 aromatic heterocycles. The van der Waals surface area contributed by atoms with Crippen LogP contribution >= 0.6 is 0 Å². The lowest BCUT2D eigenvalue weighted by Crippen LogP contribution is -2.41. The molecule has 0 bridgehead atoms. The third-order valence-electron chi connectivity index (χ3n) is 6.48. The Hall–Kier alpha value is -3.53. The third-order valence-corrected chi connectivity index (χ3v) is 6.48. The highest BCUT2D eigenvalue weighted by Crippen LogP contribution is 2.53. The van der Waals surface area contributed by atoms with Crippen LogP contribution in [0.2, 0.25) is 0 Å². The Bertz CT molecular complexity index is 1280. The highest BCUT2D eigenvalue weighted by atomic mass is 19.1. The fourth-order valence-electron chi connectivity index (χ4n) is 5.02. The summed E-state index contributed by atoms with van der Waals surface area (Å²) in [4.78, 5) is 16.5. The maximum Gasteiger partial charge on any atom is 0.150 e. The van der Waals surface area contributed by atoms with E-state index in [9.17, 15) is 9.18 Å². The molecular weight excluding hydrogens is 401 g/mol. The van der Waals surface area contributed by atoms with E-state index in [0.29, 0.717) is 23.8 Å². The van der Waals surface area contributed by atoms with Crippen LogP contribution in [0.3, 0.4) is 0 Å². The Labute approximate surface area is 186 Å². The number of nitrogens with zero attached hydrogens (tertiary/aromatic N) is 1. The molecule has 32 heavy (non-hydrogen) atoms. The molecule has 0 N–H and O–H groups in total. The van der Waals surface area contributed by atoms with Crippen molar-refractivity contribution in [2.24, 2.45) is 5.92 Å². The predicted molar refractivity (Wildman–Crippen MR) is 123 cm³/mol. The van der Waals surface area contributed by atoms with Gasteiger partial charge in [0, 0.05) is 16.4 Å². The first kappa shape index (κ1) is 20.4. The Kier molecular flexibility index (Phi) is 5.22. The minimum absolute atomic E-state index is 0.165. The molecular formula is C28H24FNO2. The zero-order chi connectivity index (χ0) is 22.1. The standard InChI is InChI=1S/C28H24FNO2/c1-19-15-28(16-19,22-5-3-2-4-6-22)26-14-25(11-8-21(26)17-31)32-18-24-10-7-20-13-23(29)9-12-27(20)30-24/h2-14,17,19H,15-16,18H2,1H3. The van der Waals surface area contributed by atoms with Gasteiger partial charge in [-0.2, -0.15) is 0 Å². The Morgan fingerprint density at radius 1 is 1.03 bits per heavy atom. The number of hydrogen-bond donors (Lipinski definition) is 0. The minimum atomic E-state index is -0.274. The SMILES string of the molecule is CC1CC(c2ccccc2)(c2cc(OCc3ccc4cc(F)ccc4n3)ccc2C=O)C1. The molecule has 0 spiro atoms. The Morgan fingerprint density at radius 2 is 1.84 bits per heavy atom. The summed E-state index contributed by atoms with van der Waals surface area (Å²) in [6.45, 7) is 2.54. The van der Waals surface area contributed by atoms with E-state index in [2.05, 4.69) is 36.2 Å². The summed E-state index contributed by atoms with van der Waals surface area (Å²) in [7, 11) is 0. The van der Waals surface area contributed by atoms with Gasteiger partial charge in [0.25, 0.3) is 0 Å². The van der Waals surface area contributed by atoms with Crippen molar-refractivity contribution in [2.45, 2.75) is 31.8 Å². The fraction of sp³-hybridized carbons (Fsp3) is 0.214. The number of benzene rings is 3. The molecule has 1 heterocycles. The lowest BCUT2D eigenvalue weighted by atomic mass is 9.55. The van der Waals surface area contributed by atoms with Crippen LogP contribution in [-0.4, -0.2) is 11.3 Å². The summed E-state index contributed by atoms with van der Waals surface area (Å²) >= 11 is 0. The van der Waals surface area contributed by atoms with Gasteiger partial charge in [0.2, 0.25) is 0 Å². The average molecular weight is 426 g/mol. The number of aromatic nitrogens is 1. The molecule has 0 unspecified atom stereocenters. The lowest BCUT2D eigenvalue weighted by Gasteiger charge is -2.48. The molecule has 0 atom stereocenters. The highest BCUT2D eigenvalue weighted by Gasteiger charge is 2.46. The normalized spacial score (nSPS) is 20.0. The van der Waals surface area contributed by atoms with Gasteiger partial charge in [0.05, 0.1) is 11.2 Å². The minimum Gasteiger partial charge on any atom is -0.487 e. The maximum atomic E-state index is 13.4. The van der Waals surface area contributed by atoms with E-state index in [1.807, 2.05) is 36.4 Å². The summed E-state index contributed by atoms with van der Waals surface area (Å²) in [6.07, 6.45) is 2.95. The number of pyridine rings is 1. The number of carbonyl (C=O) groups is 1. The molecule has 0 amide bonds. The van der Waals surface area contributed by atoms with Crippen molar-refractivity contribution in [3.8, 4) is 5.75 Å². The number of ether oxygens (including phenoxy) is 1. The highest BCUT2D eigenvalue weighted by molar-refractivity contribution is 5.80. The second kappa shape index (κ2) is 8.19. The number of aldehydes is 1. The summed E-state index contributed by atoms with van der Waals surface area (Å²) < 4.78 is 19.5. The first-order chi connectivity index (χ1) is 15.6. The van der Waals surface area contributed by atoms with E-state index in [1.54, 1.807) is 6.07 Å². The van der Waals surface area contributed by atoms with E-state index in [4.69, 9.17) is 4.74 Å². The number of fused-ring (bicyclic) bond motifs is 1. The molecule has 0 radical (unpaired) electrons. The van der Waals surface area contributed by atoms with Crippen LogP contribution in [0.15, 0.2) is 78.9 Å². The van der Waals surface area contributed by atoms with Crippen molar-refractivity contribution >= 4 is 17.2 Å². The molecule has 1 aliphatic rings. The van der Waals surface area contributed by atoms with Crippen molar-refractivity contribution in [2.75, 3.05) is 0 Å². The average Bonchev–Trinajstić information content (AvgIpc) is 2.81. The van der Waals surface area contributed by atoms with E-state index in [1.165, 1.54) is 17.7 Å². The topological polar surface area (TPSA) is 39.2 Å². The van der Waals surface area contributed by atoms with Crippen molar-refractivity contribution in [3.63, 3.8) is 0 Å². The number of rotatable bonds is 6. The van der Waals surface area contributed by atoms with Gasteiger partial charge in [-0.25, -0.2) is 9.37 Å². The molecule has 5 rings (SSSR count). The van der Waals surface area contributed by atoms with E-state index < -0.39 is 0 Å². The quantitative estimate of drug-likeness (QED) is 0.332. The molecule has 1 fully saturated rings. The Balaban J connectivity index is 1.44. The van der Waals surface area contributed by atoms with E-state index >= 15 is 0 Å². The summed E-state index contributed by atoms with van der Waals surface area (Å²) in [5.41, 5.74) is 4.30. The van der Waals surface area contributed by atoms with Gasteiger partial charge >= 0.3 is 0 Å². The molecule has 3 nitrogen and oxygen atoms in total. The van der Waals surface area contributed by atoms with Crippen LogP contribution < -0.4 is 4.74 Å². The number of carbonyl (C=O) groups excluding carboxylic acids is 1. The second-order valence-corrected chi connectivity index (χ2v) is 8.76. The van der Waals surface area contributed by atoms with Gasteiger partial charge < -0.3 is 4.74 Å². The third kappa shape index (κ3) is 3.66. The number of hydrogen-bond acceptors (Lipinski definition) is 3. The maximum absolute atomic E-state index is 13.4. The van der Waals surface area contributed by atoms with Gasteiger partial charge in [0.15, 0.2) is 0 Å². The van der Waals surface area contributed by atoms with Crippen molar-refractivity contribution in [3.05, 3.63) is 107 Å². The van der Waals surface area contributed by atoms with Crippen LogP contribution in [0, 0.1) is 11.7 Å². The van der Waals surface area contributed by atoms with Gasteiger partial charge in [-0.1, -0.05) is 43.3 Å². The zero-order valence-corrected chi connectivity index (χ0v) is 17.9. The molecule has 0 saturated heterocycles. The predicted octanol–water partition coefficient (Wildman–Crippen LogP) is 6.48. The van der Waals surface area contributed by atoms with E-state index in [0.717, 1.165) is 41.3 Å². The van der Waals surface area contributed by atoms with Gasteiger partial charge in [-0.3, -0.25) is 4.79 Å². The molecule has 3 aromatic carbocycles. The molecule has 1 saturated carbocycles. The van der Waals surface area contributed by atoms with Crippen molar-refractivity contribution < 1.29 is 13.9 Å². The first-order valence-electron chi connectivity index (χ1n) is 10.9. The number of halogens is 1. The molecule has 4 heteroatoms.